The third kappa shape index (κ3) is 6.37. The van der Waals surface area contributed by atoms with E-state index in [0.29, 0.717) is 11.3 Å². The lowest BCUT2D eigenvalue weighted by atomic mass is 10.1. The molecule has 0 bridgehead atoms. The summed E-state index contributed by atoms with van der Waals surface area (Å²) in [6.45, 7) is 0. The van der Waals surface area contributed by atoms with Crippen molar-refractivity contribution in [3.05, 3.63) is 91.5 Å². The number of hydrogen-bond donors (Lipinski definition) is 1. The van der Waals surface area contributed by atoms with Crippen molar-refractivity contribution in [2.45, 2.75) is 0 Å². The van der Waals surface area contributed by atoms with Crippen molar-refractivity contribution in [2.75, 3.05) is 21.3 Å². The fourth-order valence-electron chi connectivity index (χ4n) is 3.15. The third-order valence-corrected chi connectivity index (χ3v) is 4.96. The topological polar surface area (TPSA) is 182 Å². The number of nitrogens with one attached hydrogen (secondary N) is 1. The molecule has 0 spiro atoms. The molecule has 0 radical (unpaired) electrons. The number of rotatable bonds is 10. The first-order valence-electron chi connectivity index (χ1n) is 10.6. The highest BCUT2D eigenvalue weighted by Crippen LogP contribution is 2.38. The maximum absolute atomic E-state index is 12.6. The summed E-state index contributed by atoms with van der Waals surface area (Å²) < 4.78 is 21.1. The van der Waals surface area contributed by atoms with Crippen molar-refractivity contribution in [1.82, 2.24) is 5.43 Å². The monoisotopic (exact) mass is 524 g/mol. The van der Waals surface area contributed by atoms with Crippen LogP contribution in [-0.2, 0) is 0 Å². The van der Waals surface area contributed by atoms with Gasteiger partial charge in [-0.15, -0.1) is 0 Å². The summed E-state index contributed by atoms with van der Waals surface area (Å²) in [4.78, 5) is 45.2. The molecule has 14 heteroatoms. The van der Waals surface area contributed by atoms with Crippen molar-refractivity contribution >= 4 is 29.5 Å². The van der Waals surface area contributed by atoms with Gasteiger partial charge < -0.3 is 18.9 Å². The predicted octanol–water partition coefficient (Wildman–Crippen LogP) is 3.51. The Labute approximate surface area is 214 Å². The van der Waals surface area contributed by atoms with E-state index in [-0.39, 0.29) is 28.4 Å². The van der Waals surface area contributed by atoms with Crippen LogP contribution in [0.4, 0.5) is 11.4 Å². The molecule has 0 heterocycles. The third-order valence-electron chi connectivity index (χ3n) is 4.96. The number of nitro benzene ring substituents is 2. The van der Waals surface area contributed by atoms with E-state index in [1.165, 1.54) is 51.8 Å². The number of nitrogens with zero attached hydrogens (tertiary/aromatic N) is 3. The van der Waals surface area contributed by atoms with Gasteiger partial charge >= 0.3 is 5.97 Å². The van der Waals surface area contributed by atoms with E-state index in [9.17, 15) is 29.8 Å². The van der Waals surface area contributed by atoms with E-state index < -0.39 is 33.1 Å². The minimum absolute atomic E-state index is 0.161. The maximum Gasteiger partial charge on any atom is 0.343 e. The molecule has 0 aromatic heterocycles. The summed E-state index contributed by atoms with van der Waals surface area (Å²) in [5.74, 6) is -0.452. The van der Waals surface area contributed by atoms with Gasteiger partial charge in [0, 0.05) is 12.1 Å². The minimum atomic E-state index is -0.885. The number of methoxy groups -OCH3 is 3. The zero-order valence-corrected chi connectivity index (χ0v) is 20.2. The first-order valence-corrected chi connectivity index (χ1v) is 10.6. The summed E-state index contributed by atoms with van der Waals surface area (Å²) in [7, 11) is 4.28. The first kappa shape index (κ1) is 27.1. The van der Waals surface area contributed by atoms with Crippen LogP contribution >= 0.6 is 0 Å². The Hall–Kier alpha value is -5.53. The van der Waals surface area contributed by atoms with Crippen LogP contribution in [0.5, 0.6) is 23.0 Å². The van der Waals surface area contributed by atoms with Gasteiger partial charge in [-0.1, -0.05) is 0 Å². The molecule has 3 aromatic carbocycles. The Morgan fingerprint density at radius 3 is 1.84 bits per heavy atom. The van der Waals surface area contributed by atoms with Crippen molar-refractivity contribution in [1.29, 1.82) is 0 Å². The van der Waals surface area contributed by atoms with E-state index >= 15 is 0 Å². The van der Waals surface area contributed by atoms with Crippen LogP contribution in [0.1, 0.15) is 26.3 Å². The molecular weight excluding hydrogens is 504 g/mol. The molecule has 0 fully saturated rings. The number of hydrogen-bond acceptors (Lipinski definition) is 11. The molecule has 0 aliphatic heterocycles. The average Bonchev–Trinajstić information content (AvgIpc) is 2.92. The molecule has 14 nitrogen and oxygen atoms in total. The molecule has 0 atom stereocenters. The van der Waals surface area contributed by atoms with Gasteiger partial charge in [-0.3, -0.25) is 25.0 Å². The normalized spacial score (nSPS) is 10.5. The SMILES string of the molecule is COc1cc(C(=O)Oc2ccc(C=NNC(=O)c3cc([N+](=O)[O-])cc([N+](=O)[O-])c3)cc2)cc(OC)c1OC. The molecule has 3 aromatic rings. The molecule has 3 rings (SSSR count). The molecule has 0 aliphatic rings. The highest BCUT2D eigenvalue weighted by atomic mass is 16.6. The predicted molar refractivity (Wildman–Crippen MR) is 132 cm³/mol. The fourth-order valence-corrected chi connectivity index (χ4v) is 3.15. The van der Waals surface area contributed by atoms with Gasteiger partial charge in [-0.2, -0.15) is 5.10 Å². The molecule has 196 valence electrons. The number of carbonyl (C=O) groups excluding carboxylic acids is 2. The number of nitro groups is 2. The van der Waals surface area contributed by atoms with E-state index in [1.807, 2.05) is 0 Å². The van der Waals surface area contributed by atoms with E-state index in [2.05, 4.69) is 10.5 Å². The zero-order valence-electron chi connectivity index (χ0n) is 20.2. The quantitative estimate of drug-likeness (QED) is 0.135. The number of hydrazone groups is 1. The lowest BCUT2D eigenvalue weighted by molar-refractivity contribution is -0.394. The van der Waals surface area contributed by atoms with Gasteiger partial charge in [0.25, 0.3) is 17.3 Å². The number of amides is 1. The van der Waals surface area contributed by atoms with Crippen LogP contribution in [0.25, 0.3) is 0 Å². The van der Waals surface area contributed by atoms with Crippen molar-refractivity contribution < 1.29 is 38.4 Å². The van der Waals surface area contributed by atoms with Crippen LogP contribution in [0.2, 0.25) is 0 Å². The summed E-state index contributed by atoms with van der Waals surface area (Å²) in [6.07, 6.45) is 1.26. The molecule has 0 saturated heterocycles. The zero-order chi connectivity index (χ0) is 27.8. The summed E-state index contributed by atoms with van der Waals surface area (Å²) >= 11 is 0. The van der Waals surface area contributed by atoms with Crippen LogP contribution in [0, 0.1) is 20.2 Å². The van der Waals surface area contributed by atoms with E-state index in [1.54, 1.807) is 12.1 Å². The second-order valence-corrected chi connectivity index (χ2v) is 7.32. The van der Waals surface area contributed by atoms with Gasteiger partial charge in [-0.25, -0.2) is 10.2 Å². The van der Waals surface area contributed by atoms with Gasteiger partial charge in [0.05, 0.1) is 54.6 Å². The lowest BCUT2D eigenvalue weighted by Gasteiger charge is -2.13. The summed E-state index contributed by atoms with van der Waals surface area (Å²) in [6, 6.07) is 11.5. The van der Waals surface area contributed by atoms with Gasteiger partial charge in [-0.05, 0) is 42.0 Å². The van der Waals surface area contributed by atoms with E-state index in [0.717, 1.165) is 18.2 Å². The second kappa shape index (κ2) is 11.9. The van der Waals surface area contributed by atoms with Crippen molar-refractivity contribution in [2.24, 2.45) is 5.10 Å². The van der Waals surface area contributed by atoms with Crippen molar-refractivity contribution in [3.8, 4) is 23.0 Å². The number of benzene rings is 3. The van der Waals surface area contributed by atoms with Crippen LogP contribution in [0.15, 0.2) is 59.7 Å². The number of non-ortho nitro benzene ring substituents is 2. The smallest absolute Gasteiger partial charge is 0.343 e. The van der Waals surface area contributed by atoms with Gasteiger partial charge in [0.15, 0.2) is 11.5 Å². The minimum Gasteiger partial charge on any atom is -0.493 e. The summed E-state index contributed by atoms with van der Waals surface area (Å²) in [5.41, 5.74) is 1.29. The molecule has 0 unspecified atom stereocenters. The van der Waals surface area contributed by atoms with Crippen molar-refractivity contribution in [3.63, 3.8) is 0 Å². The highest BCUT2D eigenvalue weighted by Gasteiger charge is 2.20. The van der Waals surface area contributed by atoms with Gasteiger partial charge in [0.1, 0.15) is 5.75 Å². The molecule has 1 N–H and O–H groups in total. The first-order chi connectivity index (χ1) is 18.2. The molecule has 0 saturated carbocycles. The average molecular weight is 524 g/mol. The Morgan fingerprint density at radius 1 is 0.816 bits per heavy atom. The molecule has 0 aliphatic carbocycles. The van der Waals surface area contributed by atoms with Crippen LogP contribution in [0.3, 0.4) is 0 Å². The Morgan fingerprint density at radius 2 is 1.37 bits per heavy atom. The molecule has 1 amide bonds. The number of ether oxygens (including phenoxy) is 4. The fraction of sp³-hybridized carbons (Fsp3) is 0.125. The van der Waals surface area contributed by atoms with Gasteiger partial charge in [0.2, 0.25) is 5.75 Å². The number of carbonyl (C=O) groups is 2. The van der Waals surface area contributed by atoms with Crippen LogP contribution < -0.4 is 24.4 Å². The molecular formula is C24H20N4O10. The molecule has 38 heavy (non-hydrogen) atoms. The summed E-state index contributed by atoms with van der Waals surface area (Å²) in [5, 5.41) is 25.7. The van der Waals surface area contributed by atoms with E-state index in [4.69, 9.17) is 18.9 Å². The van der Waals surface area contributed by atoms with Crippen LogP contribution in [-0.4, -0.2) is 49.3 Å². The largest absolute Gasteiger partial charge is 0.493 e. The standard InChI is InChI=1S/C24H20N4O10/c1-35-20-10-16(11-21(36-2)22(20)37-3)24(30)38-19-6-4-14(5-7-19)13-25-26-23(29)15-8-17(27(31)32)12-18(9-15)28(33)34/h4-13H,1-3H3,(H,26,29). The Kier molecular flexibility index (Phi) is 8.50. The highest BCUT2D eigenvalue weighted by molar-refractivity contribution is 5.96. The Bertz CT molecular complexity index is 1360. The maximum atomic E-state index is 12.6. The Balaban J connectivity index is 1.67. The lowest BCUT2D eigenvalue weighted by Crippen LogP contribution is -2.18. The second-order valence-electron chi connectivity index (χ2n) is 7.32. The number of esters is 1.